The average molecular weight is 338 g/mol. The van der Waals surface area contributed by atoms with Gasteiger partial charge in [-0.15, -0.1) is 0 Å². The molecule has 1 fully saturated rings. The van der Waals surface area contributed by atoms with Crippen LogP contribution in [-0.4, -0.2) is 41.9 Å². The van der Waals surface area contributed by atoms with Crippen molar-refractivity contribution in [1.29, 1.82) is 0 Å². The Morgan fingerprint density at radius 2 is 2.17 bits per heavy atom. The zero-order valence-corrected chi connectivity index (χ0v) is 13.5. The Morgan fingerprint density at radius 3 is 2.83 bits per heavy atom. The number of hydrogen-bond acceptors (Lipinski definition) is 5. The summed E-state index contributed by atoms with van der Waals surface area (Å²) in [6.07, 6.45) is 3.29. The molecule has 2 aromatic rings. The Labute approximate surface area is 133 Å². The molecule has 1 aliphatic heterocycles. The lowest BCUT2D eigenvalue weighted by molar-refractivity contribution is 0.0921. The monoisotopic (exact) mass is 338 g/mol. The van der Waals surface area contributed by atoms with Gasteiger partial charge in [0.2, 0.25) is 10.0 Å². The highest BCUT2D eigenvalue weighted by molar-refractivity contribution is 7.89. The summed E-state index contributed by atoms with van der Waals surface area (Å²) < 4.78 is 31.9. The van der Waals surface area contributed by atoms with Crippen molar-refractivity contribution >= 4 is 15.9 Å². The van der Waals surface area contributed by atoms with Gasteiger partial charge in [0, 0.05) is 25.4 Å². The number of H-pyrrole nitrogens is 1. The number of aromatic nitrogens is 2. The predicted molar refractivity (Wildman–Crippen MR) is 81.2 cm³/mol. The molecule has 0 aromatic carbocycles. The fourth-order valence-electron chi connectivity index (χ4n) is 2.55. The maximum atomic E-state index is 12.6. The van der Waals surface area contributed by atoms with E-state index in [2.05, 4.69) is 15.5 Å². The Balaban J connectivity index is 1.76. The second-order valence-electron chi connectivity index (χ2n) is 5.41. The van der Waals surface area contributed by atoms with E-state index in [0.29, 0.717) is 13.1 Å². The van der Waals surface area contributed by atoms with Crippen molar-refractivity contribution in [3.05, 3.63) is 35.5 Å². The van der Waals surface area contributed by atoms with E-state index in [9.17, 15) is 13.2 Å². The second-order valence-corrected chi connectivity index (χ2v) is 7.31. The summed E-state index contributed by atoms with van der Waals surface area (Å²) in [7, 11) is -3.60. The van der Waals surface area contributed by atoms with Crippen molar-refractivity contribution < 1.29 is 17.6 Å². The summed E-state index contributed by atoms with van der Waals surface area (Å²) in [5.41, 5.74) is 0.742. The zero-order valence-electron chi connectivity index (χ0n) is 12.7. The number of nitrogens with zero attached hydrogens (tertiary/aromatic N) is 2. The highest BCUT2D eigenvalue weighted by Crippen LogP contribution is 2.26. The molecule has 1 saturated heterocycles. The number of carbonyl (C=O) groups excluding carboxylic acids is 1. The van der Waals surface area contributed by atoms with Crippen LogP contribution in [0.4, 0.5) is 0 Å². The topological polar surface area (TPSA) is 108 Å². The van der Waals surface area contributed by atoms with Crippen LogP contribution < -0.4 is 5.32 Å². The zero-order chi connectivity index (χ0) is 16.4. The van der Waals surface area contributed by atoms with Crippen LogP contribution in [0.25, 0.3) is 0 Å². The third kappa shape index (κ3) is 3.15. The van der Waals surface area contributed by atoms with Gasteiger partial charge in [0.15, 0.2) is 5.76 Å². The first kappa shape index (κ1) is 15.8. The number of rotatable bonds is 5. The molecule has 0 radical (unpaired) electrons. The summed E-state index contributed by atoms with van der Waals surface area (Å²) >= 11 is 0. The average Bonchev–Trinajstić information content (AvgIpc) is 3.25. The fraction of sp³-hybridized carbons (Fsp3) is 0.429. The van der Waals surface area contributed by atoms with E-state index in [1.54, 1.807) is 19.2 Å². The number of hydrogen-bond donors (Lipinski definition) is 2. The summed E-state index contributed by atoms with van der Waals surface area (Å²) in [4.78, 5) is 12.2. The predicted octanol–water partition coefficient (Wildman–Crippen LogP) is 1.03. The Bertz CT molecular complexity index is 789. The molecule has 1 amide bonds. The molecule has 0 atom stereocenters. The second kappa shape index (κ2) is 6.17. The molecule has 0 unspecified atom stereocenters. The van der Waals surface area contributed by atoms with Crippen molar-refractivity contribution in [1.82, 2.24) is 19.8 Å². The van der Waals surface area contributed by atoms with E-state index in [0.717, 1.165) is 18.5 Å². The van der Waals surface area contributed by atoms with Crippen molar-refractivity contribution in [3.63, 3.8) is 0 Å². The summed E-state index contributed by atoms with van der Waals surface area (Å²) in [5.74, 6) is -0.256. The van der Waals surface area contributed by atoms with Crippen LogP contribution in [0.5, 0.6) is 0 Å². The Hall–Kier alpha value is -2.13. The van der Waals surface area contributed by atoms with Crippen LogP contribution in [0.2, 0.25) is 0 Å². The quantitative estimate of drug-likeness (QED) is 0.846. The minimum absolute atomic E-state index is 0.0141. The lowest BCUT2D eigenvalue weighted by Crippen LogP contribution is -2.28. The summed E-state index contributed by atoms with van der Waals surface area (Å²) in [5, 5.41) is 9.16. The maximum Gasteiger partial charge on any atom is 0.287 e. The molecule has 8 nitrogen and oxygen atoms in total. The van der Waals surface area contributed by atoms with Crippen LogP contribution in [0, 0.1) is 6.92 Å². The number of furan rings is 1. The molecule has 0 bridgehead atoms. The standard InChI is InChI=1S/C14H18N4O4S/c1-10-13(23(20,21)18-6-2-3-7-18)8-12(22-10)14(19)15-9-11-4-5-16-17-11/h4-5,8H,2-3,6-7,9H2,1H3,(H,15,19)(H,16,17). The van der Waals surface area contributed by atoms with Gasteiger partial charge in [-0.3, -0.25) is 9.89 Å². The molecule has 2 aromatic heterocycles. The first-order valence-corrected chi connectivity index (χ1v) is 8.79. The number of amides is 1. The highest BCUT2D eigenvalue weighted by Gasteiger charge is 2.31. The van der Waals surface area contributed by atoms with Crippen LogP contribution in [0.1, 0.15) is 34.9 Å². The van der Waals surface area contributed by atoms with Gasteiger partial charge in [-0.1, -0.05) is 0 Å². The summed E-state index contributed by atoms with van der Waals surface area (Å²) in [6.45, 7) is 2.82. The maximum absolute atomic E-state index is 12.6. The van der Waals surface area contributed by atoms with E-state index >= 15 is 0 Å². The molecule has 3 heterocycles. The number of nitrogens with one attached hydrogen (secondary N) is 2. The van der Waals surface area contributed by atoms with E-state index in [1.165, 1.54) is 10.4 Å². The largest absolute Gasteiger partial charge is 0.455 e. The van der Waals surface area contributed by atoms with Crippen molar-refractivity contribution in [2.75, 3.05) is 13.1 Å². The van der Waals surface area contributed by atoms with E-state index in [-0.39, 0.29) is 23.0 Å². The fourth-order valence-corrected chi connectivity index (χ4v) is 4.22. The molecule has 0 saturated carbocycles. The number of aryl methyl sites for hydroxylation is 1. The molecule has 0 spiro atoms. The highest BCUT2D eigenvalue weighted by atomic mass is 32.2. The van der Waals surface area contributed by atoms with E-state index in [1.807, 2.05) is 0 Å². The molecule has 0 aliphatic carbocycles. The van der Waals surface area contributed by atoms with Crippen LogP contribution in [-0.2, 0) is 16.6 Å². The van der Waals surface area contributed by atoms with Gasteiger partial charge >= 0.3 is 0 Å². The van der Waals surface area contributed by atoms with Gasteiger partial charge < -0.3 is 9.73 Å². The molecule has 9 heteroatoms. The Kier molecular flexibility index (Phi) is 4.22. The molecular weight excluding hydrogens is 320 g/mol. The van der Waals surface area contributed by atoms with Gasteiger partial charge in [0.05, 0.1) is 12.2 Å². The number of sulfonamides is 1. The lowest BCUT2D eigenvalue weighted by atomic mass is 10.4. The minimum Gasteiger partial charge on any atom is -0.455 e. The normalized spacial score (nSPS) is 15.9. The van der Waals surface area contributed by atoms with Gasteiger partial charge in [-0.25, -0.2) is 8.42 Å². The molecule has 2 N–H and O–H groups in total. The molecule has 23 heavy (non-hydrogen) atoms. The molecular formula is C14H18N4O4S. The van der Waals surface area contributed by atoms with Crippen LogP contribution >= 0.6 is 0 Å². The minimum atomic E-state index is -3.60. The third-order valence-corrected chi connectivity index (χ3v) is 5.78. The van der Waals surface area contributed by atoms with Gasteiger partial charge in [0.25, 0.3) is 5.91 Å². The molecule has 3 rings (SSSR count). The SMILES string of the molecule is Cc1oc(C(=O)NCc2ccn[nH]2)cc1S(=O)(=O)N1CCCC1. The van der Waals surface area contributed by atoms with Gasteiger partial charge in [-0.05, 0) is 25.8 Å². The van der Waals surface area contributed by atoms with E-state index in [4.69, 9.17) is 4.42 Å². The van der Waals surface area contributed by atoms with Gasteiger partial charge in [-0.2, -0.15) is 9.40 Å². The first-order chi connectivity index (χ1) is 11.0. The van der Waals surface area contributed by atoms with E-state index < -0.39 is 15.9 Å². The molecule has 1 aliphatic rings. The number of carbonyl (C=O) groups is 1. The third-order valence-electron chi connectivity index (χ3n) is 3.78. The Morgan fingerprint density at radius 1 is 1.43 bits per heavy atom. The van der Waals surface area contributed by atoms with Crippen LogP contribution in [0.3, 0.4) is 0 Å². The van der Waals surface area contributed by atoms with Gasteiger partial charge in [0.1, 0.15) is 10.7 Å². The number of aromatic amines is 1. The van der Waals surface area contributed by atoms with Crippen LogP contribution in [0.15, 0.2) is 27.6 Å². The van der Waals surface area contributed by atoms with Crippen molar-refractivity contribution in [2.45, 2.75) is 31.2 Å². The summed E-state index contributed by atoms with van der Waals surface area (Å²) in [6, 6.07) is 3.03. The van der Waals surface area contributed by atoms with Crippen molar-refractivity contribution in [3.8, 4) is 0 Å². The van der Waals surface area contributed by atoms with Crippen molar-refractivity contribution in [2.24, 2.45) is 0 Å². The molecule has 124 valence electrons. The first-order valence-electron chi connectivity index (χ1n) is 7.35. The lowest BCUT2D eigenvalue weighted by Gasteiger charge is -2.14. The smallest absolute Gasteiger partial charge is 0.287 e.